The smallest absolute Gasteiger partial charge is 0.266 e. The lowest BCUT2D eigenvalue weighted by molar-refractivity contribution is -0.122. The van der Waals surface area contributed by atoms with Gasteiger partial charge in [0, 0.05) is 30.0 Å². The number of carbonyl (C=O) groups excluding carboxylic acids is 1. The number of nitrogens with zero attached hydrogens (tertiary/aromatic N) is 4. The highest BCUT2D eigenvalue weighted by atomic mass is 32.2. The van der Waals surface area contributed by atoms with Crippen LogP contribution in [0.15, 0.2) is 60.0 Å². The Morgan fingerprint density at radius 2 is 1.89 bits per heavy atom. The Kier molecular flexibility index (Phi) is 5.11. The predicted molar refractivity (Wildman–Crippen MR) is 116 cm³/mol. The average molecular weight is 407 g/mol. The van der Waals surface area contributed by atoms with Crippen LogP contribution in [0.2, 0.25) is 0 Å². The Balaban J connectivity index is 1.63. The van der Waals surface area contributed by atoms with Gasteiger partial charge in [0.05, 0.1) is 23.3 Å². The van der Waals surface area contributed by atoms with Crippen LogP contribution in [0, 0.1) is 13.8 Å². The standard InChI is InChI=1S/C21H18N4OS2/c1-14-9-17(15(2)25(14)18-6-4-8-23-12-18)10-19-20(26)24(21(27)28-19)13-16-5-3-7-22-11-16/h3-12H,13H2,1-2H3/b19-10+. The van der Waals surface area contributed by atoms with Gasteiger partial charge in [0.2, 0.25) is 0 Å². The molecule has 0 radical (unpaired) electrons. The molecule has 1 saturated heterocycles. The largest absolute Gasteiger partial charge is 0.316 e. The molecule has 140 valence electrons. The number of amides is 1. The van der Waals surface area contributed by atoms with Crippen molar-refractivity contribution in [1.82, 2.24) is 19.4 Å². The number of hydrogen-bond donors (Lipinski definition) is 0. The van der Waals surface area contributed by atoms with E-state index in [-0.39, 0.29) is 5.91 Å². The summed E-state index contributed by atoms with van der Waals surface area (Å²) in [7, 11) is 0. The van der Waals surface area contributed by atoms with Gasteiger partial charge in [-0.2, -0.15) is 0 Å². The molecule has 1 amide bonds. The lowest BCUT2D eigenvalue weighted by Gasteiger charge is -2.13. The van der Waals surface area contributed by atoms with Crippen LogP contribution < -0.4 is 0 Å². The Morgan fingerprint density at radius 3 is 2.57 bits per heavy atom. The Hall–Kier alpha value is -2.77. The molecule has 0 N–H and O–H groups in total. The summed E-state index contributed by atoms with van der Waals surface area (Å²) < 4.78 is 2.70. The summed E-state index contributed by atoms with van der Waals surface area (Å²) in [4.78, 5) is 23.5. The number of hydrogen-bond acceptors (Lipinski definition) is 5. The second-order valence-electron chi connectivity index (χ2n) is 6.50. The number of rotatable bonds is 4. The van der Waals surface area contributed by atoms with Crippen LogP contribution in [0.4, 0.5) is 0 Å². The fraction of sp³-hybridized carbons (Fsp3) is 0.143. The lowest BCUT2D eigenvalue weighted by atomic mass is 10.2. The van der Waals surface area contributed by atoms with E-state index in [2.05, 4.69) is 20.6 Å². The first-order valence-corrected chi connectivity index (χ1v) is 10.0. The minimum Gasteiger partial charge on any atom is -0.316 e. The third kappa shape index (κ3) is 3.50. The molecule has 5 nitrogen and oxygen atoms in total. The van der Waals surface area contributed by atoms with Crippen molar-refractivity contribution in [3.63, 3.8) is 0 Å². The molecule has 0 unspecified atom stereocenters. The summed E-state index contributed by atoms with van der Waals surface area (Å²) in [6, 6.07) is 9.81. The first kappa shape index (κ1) is 18.6. The molecule has 28 heavy (non-hydrogen) atoms. The Morgan fingerprint density at radius 1 is 1.14 bits per heavy atom. The highest BCUT2D eigenvalue weighted by Crippen LogP contribution is 2.34. The Bertz CT molecular complexity index is 1070. The molecule has 1 fully saturated rings. The molecule has 4 rings (SSSR count). The monoisotopic (exact) mass is 406 g/mol. The number of thioether (sulfide) groups is 1. The molecule has 7 heteroatoms. The first-order valence-electron chi connectivity index (χ1n) is 8.78. The molecule has 0 aromatic carbocycles. The van der Waals surface area contributed by atoms with Crippen molar-refractivity contribution in [3.8, 4) is 5.69 Å². The van der Waals surface area contributed by atoms with E-state index in [1.807, 2.05) is 50.4 Å². The van der Waals surface area contributed by atoms with Gasteiger partial charge in [-0.05, 0) is 55.3 Å². The molecule has 0 bridgehead atoms. The van der Waals surface area contributed by atoms with Crippen LogP contribution in [0.1, 0.15) is 22.5 Å². The number of pyridine rings is 2. The maximum Gasteiger partial charge on any atom is 0.266 e. The normalized spacial score (nSPS) is 15.6. The van der Waals surface area contributed by atoms with Crippen LogP contribution >= 0.6 is 24.0 Å². The molecule has 0 aliphatic carbocycles. The van der Waals surface area contributed by atoms with Gasteiger partial charge in [-0.1, -0.05) is 30.0 Å². The van der Waals surface area contributed by atoms with Gasteiger partial charge in [0.1, 0.15) is 4.32 Å². The van der Waals surface area contributed by atoms with Crippen LogP contribution in [0.5, 0.6) is 0 Å². The summed E-state index contributed by atoms with van der Waals surface area (Å²) in [6.45, 7) is 4.53. The summed E-state index contributed by atoms with van der Waals surface area (Å²) in [6.07, 6.45) is 8.98. The molecule has 0 spiro atoms. The van der Waals surface area contributed by atoms with Crippen LogP contribution in [-0.4, -0.2) is 29.7 Å². The zero-order valence-corrected chi connectivity index (χ0v) is 17.1. The van der Waals surface area contributed by atoms with E-state index >= 15 is 0 Å². The maximum atomic E-state index is 12.9. The van der Waals surface area contributed by atoms with E-state index in [0.717, 1.165) is 28.2 Å². The van der Waals surface area contributed by atoms with Gasteiger partial charge in [-0.15, -0.1) is 0 Å². The van der Waals surface area contributed by atoms with E-state index in [4.69, 9.17) is 12.2 Å². The first-order chi connectivity index (χ1) is 13.5. The number of carbonyl (C=O) groups is 1. The van der Waals surface area contributed by atoms with Crippen molar-refractivity contribution >= 4 is 40.3 Å². The van der Waals surface area contributed by atoms with Crippen molar-refractivity contribution in [1.29, 1.82) is 0 Å². The fourth-order valence-corrected chi connectivity index (χ4v) is 4.51. The minimum absolute atomic E-state index is 0.0648. The Labute approximate surface area is 173 Å². The molecule has 3 aromatic rings. The number of aryl methyl sites for hydroxylation is 1. The zero-order chi connectivity index (χ0) is 19.7. The number of aromatic nitrogens is 3. The van der Waals surface area contributed by atoms with E-state index < -0.39 is 0 Å². The van der Waals surface area contributed by atoms with E-state index in [9.17, 15) is 4.79 Å². The minimum atomic E-state index is -0.0648. The molecule has 0 atom stereocenters. The van der Waals surface area contributed by atoms with Crippen molar-refractivity contribution in [3.05, 3.63) is 82.5 Å². The van der Waals surface area contributed by atoms with Crippen LogP contribution in [-0.2, 0) is 11.3 Å². The fourth-order valence-electron chi connectivity index (χ4n) is 3.27. The van der Waals surface area contributed by atoms with Crippen molar-refractivity contribution in [2.45, 2.75) is 20.4 Å². The molecular weight excluding hydrogens is 388 g/mol. The third-order valence-electron chi connectivity index (χ3n) is 4.60. The molecule has 4 heterocycles. The summed E-state index contributed by atoms with van der Waals surface area (Å²) >= 11 is 6.79. The van der Waals surface area contributed by atoms with Crippen molar-refractivity contribution in [2.75, 3.05) is 0 Å². The lowest BCUT2D eigenvalue weighted by Crippen LogP contribution is -2.27. The highest BCUT2D eigenvalue weighted by molar-refractivity contribution is 8.26. The van der Waals surface area contributed by atoms with Gasteiger partial charge in [0.15, 0.2) is 0 Å². The third-order valence-corrected chi connectivity index (χ3v) is 5.98. The summed E-state index contributed by atoms with van der Waals surface area (Å²) in [5.41, 5.74) is 5.10. The predicted octanol–water partition coefficient (Wildman–Crippen LogP) is 4.29. The average Bonchev–Trinajstić information content (AvgIpc) is 3.13. The topological polar surface area (TPSA) is 51.0 Å². The van der Waals surface area contributed by atoms with E-state index in [1.54, 1.807) is 23.5 Å². The molecular formula is C21H18N4OS2. The number of thiocarbonyl (C=S) groups is 1. The van der Waals surface area contributed by atoms with E-state index in [1.165, 1.54) is 11.8 Å². The van der Waals surface area contributed by atoms with Gasteiger partial charge in [0.25, 0.3) is 5.91 Å². The van der Waals surface area contributed by atoms with E-state index in [0.29, 0.717) is 15.8 Å². The van der Waals surface area contributed by atoms with Gasteiger partial charge in [-0.25, -0.2) is 0 Å². The SMILES string of the molecule is Cc1cc(/C=C2/SC(=S)N(Cc3cccnc3)C2=O)c(C)n1-c1cccnc1. The molecule has 1 aliphatic rings. The molecule has 3 aromatic heterocycles. The summed E-state index contributed by atoms with van der Waals surface area (Å²) in [5.74, 6) is -0.0648. The maximum absolute atomic E-state index is 12.9. The van der Waals surface area contributed by atoms with Crippen LogP contribution in [0.25, 0.3) is 11.8 Å². The second-order valence-corrected chi connectivity index (χ2v) is 8.18. The summed E-state index contributed by atoms with van der Waals surface area (Å²) in [5, 5.41) is 0. The van der Waals surface area contributed by atoms with Gasteiger partial charge < -0.3 is 4.57 Å². The van der Waals surface area contributed by atoms with Crippen LogP contribution in [0.3, 0.4) is 0 Å². The second kappa shape index (κ2) is 7.69. The van der Waals surface area contributed by atoms with Gasteiger partial charge in [-0.3, -0.25) is 19.7 Å². The zero-order valence-electron chi connectivity index (χ0n) is 15.5. The molecule has 1 aliphatic heterocycles. The van der Waals surface area contributed by atoms with Crippen molar-refractivity contribution in [2.24, 2.45) is 0 Å². The van der Waals surface area contributed by atoms with Crippen molar-refractivity contribution < 1.29 is 4.79 Å². The molecule has 0 saturated carbocycles. The highest BCUT2D eigenvalue weighted by Gasteiger charge is 2.32. The van der Waals surface area contributed by atoms with Gasteiger partial charge >= 0.3 is 0 Å². The quantitative estimate of drug-likeness (QED) is 0.478.